The number of ether oxygens (including phenoxy) is 1. The molecule has 0 saturated heterocycles. The molecule has 0 bridgehead atoms. The highest BCUT2D eigenvalue weighted by molar-refractivity contribution is 8.14. The van der Waals surface area contributed by atoms with Crippen LogP contribution in [0, 0.1) is 17.8 Å². The third kappa shape index (κ3) is 3.93. The van der Waals surface area contributed by atoms with Crippen molar-refractivity contribution in [2.45, 2.75) is 6.92 Å². The number of carbonyl (C=O) groups is 2. The molecule has 2 rings (SSSR count). The van der Waals surface area contributed by atoms with E-state index in [2.05, 4.69) is 26.6 Å². The van der Waals surface area contributed by atoms with Crippen LogP contribution in [0.15, 0.2) is 34.3 Å². The average molecular weight is 288 g/mol. The van der Waals surface area contributed by atoms with Gasteiger partial charge in [-0.2, -0.15) is 4.99 Å². The third-order valence-corrected chi connectivity index (χ3v) is 3.17. The van der Waals surface area contributed by atoms with Crippen molar-refractivity contribution in [2.24, 2.45) is 15.9 Å². The SMILES string of the molecule is CC(=O)OCC#CCSC1=NC(=O)C2C=CC=CC2=N1. The highest BCUT2D eigenvalue weighted by atomic mass is 32.2. The van der Waals surface area contributed by atoms with Gasteiger partial charge in [0.1, 0.15) is 5.92 Å². The number of esters is 1. The first-order valence-electron chi connectivity index (χ1n) is 5.94. The molecule has 0 spiro atoms. The topological polar surface area (TPSA) is 68.1 Å². The van der Waals surface area contributed by atoms with Gasteiger partial charge >= 0.3 is 5.97 Å². The fourth-order valence-corrected chi connectivity index (χ4v) is 2.18. The second-order valence-electron chi connectivity index (χ2n) is 3.91. The number of carbonyl (C=O) groups excluding carboxylic acids is 2. The number of thioether (sulfide) groups is 1. The maximum atomic E-state index is 11.8. The zero-order valence-corrected chi connectivity index (χ0v) is 11.6. The first kappa shape index (κ1) is 14.3. The van der Waals surface area contributed by atoms with Crippen LogP contribution in [-0.4, -0.2) is 35.1 Å². The van der Waals surface area contributed by atoms with Gasteiger partial charge in [-0.05, 0) is 6.08 Å². The van der Waals surface area contributed by atoms with Crippen molar-refractivity contribution < 1.29 is 14.3 Å². The molecule has 1 unspecified atom stereocenters. The lowest BCUT2D eigenvalue weighted by Crippen LogP contribution is -2.26. The van der Waals surface area contributed by atoms with Crippen LogP contribution in [0.25, 0.3) is 0 Å². The molecule has 0 aromatic carbocycles. The molecule has 1 aliphatic carbocycles. The maximum absolute atomic E-state index is 11.8. The van der Waals surface area contributed by atoms with E-state index in [0.717, 1.165) is 0 Å². The van der Waals surface area contributed by atoms with Gasteiger partial charge in [-0.1, -0.05) is 41.8 Å². The predicted octanol–water partition coefficient (Wildman–Crippen LogP) is 1.37. The Morgan fingerprint density at radius 2 is 2.25 bits per heavy atom. The summed E-state index contributed by atoms with van der Waals surface area (Å²) in [6, 6.07) is 0. The quantitative estimate of drug-likeness (QED) is 0.568. The van der Waals surface area contributed by atoms with Crippen LogP contribution in [0.2, 0.25) is 0 Å². The molecule has 2 aliphatic rings. The van der Waals surface area contributed by atoms with Crippen LogP contribution in [0.5, 0.6) is 0 Å². The van der Waals surface area contributed by atoms with E-state index < -0.39 is 0 Å². The van der Waals surface area contributed by atoms with Gasteiger partial charge in [-0.15, -0.1) is 0 Å². The molecule has 0 fully saturated rings. The lowest BCUT2D eigenvalue weighted by atomic mass is 9.97. The summed E-state index contributed by atoms with van der Waals surface area (Å²) in [5.74, 6) is 5.04. The van der Waals surface area contributed by atoms with Gasteiger partial charge in [-0.3, -0.25) is 9.59 Å². The summed E-state index contributed by atoms with van der Waals surface area (Å²) in [6.07, 6.45) is 7.25. The standard InChI is InChI=1S/C14H12N2O3S/c1-10(17)19-8-4-5-9-20-14-15-12-7-3-2-6-11(12)13(18)16-14/h2-3,6-7,11H,8-9H2,1H3. The van der Waals surface area contributed by atoms with Crippen molar-refractivity contribution >= 4 is 34.5 Å². The molecule has 1 aliphatic heterocycles. The van der Waals surface area contributed by atoms with Crippen molar-refractivity contribution in [2.75, 3.05) is 12.4 Å². The summed E-state index contributed by atoms with van der Waals surface area (Å²) in [5.41, 5.74) is 0.711. The number of nitrogens with zero attached hydrogens (tertiary/aromatic N) is 2. The number of amidine groups is 1. The van der Waals surface area contributed by atoms with Crippen LogP contribution in [0.4, 0.5) is 0 Å². The minimum Gasteiger partial charge on any atom is -0.453 e. The highest BCUT2D eigenvalue weighted by Gasteiger charge is 2.26. The van der Waals surface area contributed by atoms with Crippen LogP contribution in [-0.2, 0) is 14.3 Å². The molecule has 1 atom stereocenters. The summed E-state index contributed by atoms with van der Waals surface area (Å²) in [5, 5.41) is 0.419. The molecule has 1 heterocycles. The summed E-state index contributed by atoms with van der Waals surface area (Å²) >= 11 is 1.29. The normalized spacial score (nSPS) is 19.4. The Balaban J connectivity index is 1.87. The number of hydrogen-bond donors (Lipinski definition) is 0. The number of aliphatic imine (C=N–C) groups is 2. The van der Waals surface area contributed by atoms with Gasteiger partial charge in [0.2, 0.25) is 0 Å². The third-order valence-electron chi connectivity index (χ3n) is 2.44. The number of allylic oxidation sites excluding steroid dienone is 3. The Morgan fingerprint density at radius 3 is 3.05 bits per heavy atom. The van der Waals surface area contributed by atoms with Gasteiger partial charge < -0.3 is 4.74 Å². The van der Waals surface area contributed by atoms with Crippen LogP contribution < -0.4 is 0 Å². The zero-order valence-electron chi connectivity index (χ0n) is 10.8. The smallest absolute Gasteiger partial charge is 0.303 e. The minimum atomic E-state index is -0.358. The van der Waals surface area contributed by atoms with Crippen molar-refractivity contribution in [3.8, 4) is 11.8 Å². The van der Waals surface area contributed by atoms with Crippen molar-refractivity contribution in [1.82, 2.24) is 0 Å². The predicted molar refractivity (Wildman–Crippen MR) is 78.5 cm³/mol. The van der Waals surface area contributed by atoms with Crippen molar-refractivity contribution in [1.29, 1.82) is 0 Å². The molecule has 20 heavy (non-hydrogen) atoms. The van der Waals surface area contributed by atoms with Gasteiger partial charge in [0, 0.05) is 6.92 Å². The molecule has 6 heteroatoms. The first-order chi connectivity index (χ1) is 9.66. The number of rotatable bonds is 2. The van der Waals surface area contributed by atoms with Gasteiger partial charge in [0.05, 0.1) is 11.5 Å². The largest absolute Gasteiger partial charge is 0.453 e. The van der Waals surface area contributed by atoms with Crippen LogP contribution in [0.3, 0.4) is 0 Å². The molecule has 0 radical (unpaired) electrons. The van der Waals surface area contributed by atoms with Gasteiger partial charge in [-0.25, -0.2) is 4.99 Å². The molecule has 5 nitrogen and oxygen atoms in total. The van der Waals surface area contributed by atoms with Crippen LogP contribution in [0.1, 0.15) is 6.92 Å². The van der Waals surface area contributed by atoms with E-state index in [1.807, 2.05) is 18.2 Å². The molecule has 0 saturated carbocycles. The van der Waals surface area contributed by atoms with Crippen molar-refractivity contribution in [3.05, 3.63) is 24.3 Å². The van der Waals surface area contributed by atoms with E-state index in [4.69, 9.17) is 0 Å². The van der Waals surface area contributed by atoms with Gasteiger partial charge in [0.15, 0.2) is 11.8 Å². The molecule has 0 aromatic rings. The molecule has 1 amide bonds. The monoisotopic (exact) mass is 288 g/mol. The Hall–Kier alpha value is -2.13. The van der Waals surface area contributed by atoms with E-state index in [1.165, 1.54) is 18.7 Å². The van der Waals surface area contributed by atoms with E-state index in [-0.39, 0.29) is 24.4 Å². The highest BCUT2D eigenvalue weighted by Crippen LogP contribution is 2.19. The Labute approximate surface area is 120 Å². The number of fused-ring (bicyclic) bond motifs is 1. The fourth-order valence-electron chi connectivity index (χ4n) is 1.55. The second-order valence-corrected chi connectivity index (χ2v) is 4.86. The second kappa shape index (κ2) is 6.87. The lowest BCUT2D eigenvalue weighted by molar-refractivity contribution is -0.139. The summed E-state index contributed by atoms with van der Waals surface area (Å²) < 4.78 is 4.67. The average Bonchev–Trinajstić information content (AvgIpc) is 2.42. The van der Waals surface area contributed by atoms with Crippen LogP contribution >= 0.6 is 11.8 Å². The summed E-state index contributed by atoms with van der Waals surface area (Å²) in [7, 11) is 0. The van der Waals surface area contributed by atoms with E-state index in [1.54, 1.807) is 6.08 Å². The lowest BCUT2D eigenvalue weighted by Gasteiger charge is -2.16. The molecular weight excluding hydrogens is 276 g/mol. The Bertz CT molecular complexity index is 606. The molecular formula is C14H12N2O3S. The summed E-state index contributed by atoms with van der Waals surface area (Å²) in [6.45, 7) is 1.41. The Kier molecular flexibility index (Phi) is 4.91. The summed E-state index contributed by atoms with van der Waals surface area (Å²) in [4.78, 5) is 30.5. The number of amides is 1. The molecule has 102 valence electrons. The van der Waals surface area contributed by atoms with Gasteiger partial charge in [0.25, 0.3) is 5.91 Å². The minimum absolute atomic E-state index is 0.0748. The maximum Gasteiger partial charge on any atom is 0.303 e. The number of hydrogen-bond acceptors (Lipinski definition) is 5. The van der Waals surface area contributed by atoms with E-state index in [0.29, 0.717) is 16.6 Å². The zero-order chi connectivity index (χ0) is 14.4. The Morgan fingerprint density at radius 1 is 1.40 bits per heavy atom. The first-order valence-corrected chi connectivity index (χ1v) is 6.93. The molecule has 0 aromatic heterocycles. The van der Waals surface area contributed by atoms with E-state index >= 15 is 0 Å². The van der Waals surface area contributed by atoms with Crippen molar-refractivity contribution in [3.63, 3.8) is 0 Å². The molecule has 0 N–H and O–H groups in total. The fraction of sp³-hybridized carbons (Fsp3) is 0.286. The van der Waals surface area contributed by atoms with E-state index in [9.17, 15) is 9.59 Å².